The molecule has 0 fully saturated rings. The Kier molecular flexibility index (Phi) is 3.57. The number of nitrogens with one attached hydrogen (secondary N) is 3. The van der Waals surface area contributed by atoms with Crippen molar-refractivity contribution in [2.75, 3.05) is 13.1 Å². The summed E-state index contributed by atoms with van der Waals surface area (Å²) in [6.07, 6.45) is 1.69. The molecule has 3 N–H and O–H groups in total. The third kappa shape index (κ3) is 2.65. The van der Waals surface area contributed by atoms with E-state index in [0.29, 0.717) is 12.1 Å². The van der Waals surface area contributed by atoms with Gasteiger partial charge in [0.25, 0.3) is 5.91 Å². The molecule has 18 heavy (non-hydrogen) atoms. The van der Waals surface area contributed by atoms with Crippen molar-refractivity contribution in [1.82, 2.24) is 20.8 Å². The Morgan fingerprint density at radius 3 is 2.94 bits per heavy atom. The molecule has 1 aromatic heterocycles. The zero-order valence-electron chi connectivity index (χ0n) is 9.99. The molecule has 2 amide bonds. The number of aromatic amines is 1. The van der Waals surface area contributed by atoms with Crippen molar-refractivity contribution < 1.29 is 9.59 Å². The molecule has 0 spiro atoms. The summed E-state index contributed by atoms with van der Waals surface area (Å²) in [4.78, 5) is 23.0. The van der Waals surface area contributed by atoms with Gasteiger partial charge in [-0.3, -0.25) is 14.7 Å². The monoisotopic (exact) mass is 246 g/mol. The Morgan fingerprint density at radius 1 is 1.33 bits per heavy atom. The van der Waals surface area contributed by atoms with E-state index in [0.717, 1.165) is 10.9 Å². The number of carbonyl (C=O) groups is 2. The minimum Gasteiger partial charge on any atom is -0.355 e. The summed E-state index contributed by atoms with van der Waals surface area (Å²) >= 11 is 0. The van der Waals surface area contributed by atoms with E-state index in [1.165, 1.54) is 0 Å². The van der Waals surface area contributed by atoms with Crippen LogP contribution >= 0.6 is 0 Å². The van der Waals surface area contributed by atoms with Gasteiger partial charge in [0.05, 0.1) is 18.3 Å². The molecule has 0 aliphatic heterocycles. The minimum atomic E-state index is -0.280. The van der Waals surface area contributed by atoms with Gasteiger partial charge in [-0.05, 0) is 19.1 Å². The standard InChI is InChI=1S/C12H14N4O2/c1-2-13-11(17)7-14-12(18)8-3-4-9-6-15-16-10(9)5-8/h3-6H,2,7H2,1H3,(H,13,17)(H,14,18)(H,15,16). The first-order valence-electron chi connectivity index (χ1n) is 5.68. The SMILES string of the molecule is CCNC(=O)CNC(=O)c1ccc2cn[nH]c2c1. The fraction of sp³-hybridized carbons (Fsp3) is 0.250. The molecule has 0 saturated heterocycles. The summed E-state index contributed by atoms with van der Waals surface area (Å²) in [5.74, 6) is -0.480. The predicted molar refractivity (Wildman–Crippen MR) is 67.1 cm³/mol. The van der Waals surface area contributed by atoms with Gasteiger partial charge in [-0.1, -0.05) is 6.07 Å². The van der Waals surface area contributed by atoms with Crippen LogP contribution in [0.3, 0.4) is 0 Å². The Morgan fingerprint density at radius 2 is 2.17 bits per heavy atom. The van der Waals surface area contributed by atoms with Crippen molar-refractivity contribution in [1.29, 1.82) is 0 Å². The van der Waals surface area contributed by atoms with Gasteiger partial charge in [0.15, 0.2) is 0 Å². The van der Waals surface area contributed by atoms with Crippen LogP contribution in [0.15, 0.2) is 24.4 Å². The number of aromatic nitrogens is 2. The fourth-order valence-electron chi connectivity index (χ4n) is 1.60. The number of benzene rings is 1. The van der Waals surface area contributed by atoms with Gasteiger partial charge in [-0.2, -0.15) is 5.10 Å². The number of fused-ring (bicyclic) bond motifs is 1. The molecule has 0 bridgehead atoms. The zero-order chi connectivity index (χ0) is 13.0. The number of rotatable bonds is 4. The van der Waals surface area contributed by atoms with E-state index in [-0.39, 0.29) is 18.4 Å². The molecule has 0 radical (unpaired) electrons. The molecular formula is C12H14N4O2. The van der Waals surface area contributed by atoms with Crippen LogP contribution in [0.5, 0.6) is 0 Å². The maximum atomic E-state index is 11.8. The number of hydrogen-bond donors (Lipinski definition) is 3. The second-order valence-corrected chi connectivity index (χ2v) is 3.81. The molecule has 2 rings (SSSR count). The second-order valence-electron chi connectivity index (χ2n) is 3.81. The van der Waals surface area contributed by atoms with Crippen LogP contribution < -0.4 is 10.6 Å². The fourth-order valence-corrected chi connectivity index (χ4v) is 1.60. The average molecular weight is 246 g/mol. The van der Waals surface area contributed by atoms with Gasteiger partial charge in [-0.15, -0.1) is 0 Å². The third-order valence-electron chi connectivity index (χ3n) is 2.49. The lowest BCUT2D eigenvalue weighted by atomic mass is 10.1. The smallest absolute Gasteiger partial charge is 0.251 e. The molecule has 1 aromatic carbocycles. The van der Waals surface area contributed by atoms with Crippen LogP contribution in [0.25, 0.3) is 10.9 Å². The van der Waals surface area contributed by atoms with E-state index >= 15 is 0 Å². The van der Waals surface area contributed by atoms with Gasteiger partial charge < -0.3 is 10.6 Å². The quantitative estimate of drug-likeness (QED) is 0.731. The first-order chi connectivity index (χ1) is 8.70. The van der Waals surface area contributed by atoms with Crippen LogP contribution in [0.4, 0.5) is 0 Å². The van der Waals surface area contributed by atoms with Crippen molar-refractivity contribution in [3.8, 4) is 0 Å². The maximum Gasteiger partial charge on any atom is 0.251 e. The topological polar surface area (TPSA) is 86.9 Å². The van der Waals surface area contributed by atoms with Crippen molar-refractivity contribution in [3.63, 3.8) is 0 Å². The van der Waals surface area contributed by atoms with E-state index in [1.54, 1.807) is 24.4 Å². The summed E-state index contributed by atoms with van der Waals surface area (Å²) in [5, 5.41) is 12.8. The Hall–Kier alpha value is -2.37. The molecule has 94 valence electrons. The molecule has 2 aromatic rings. The van der Waals surface area contributed by atoms with Gasteiger partial charge in [0.2, 0.25) is 5.91 Å². The van der Waals surface area contributed by atoms with Gasteiger partial charge in [-0.25, -0.2) is 0 Å². The molecule has 6 heteroatoms. The second kappa shape index (κ2) is 5.31. The van der Waals surface area contributed by atoms with Crippen LogP contribution in [0.1, 0.15) is 17.3 Å². The number of likely N-dealkylation sites (N-methyl/N-ethyl adjacent to an activating group) is 1. The van der Waals surface area contributed by atoms with Gasteiger partial charge in [0.1, 0.15) is 0 Å². The Labute approximate surface area is 104 Å². The third-order valence-corrected chi connectivity index (χ3v) is 2.49. The largest absolute Gasteiger partial charge is 0.355 e. The minimum absolute atomic E-state index is 0.0202. The van der Waals surface area contributed by atoms with Gasteiger partial charge >= 0.3 is 0 Å². The highest BCUT2D eigenvalue weighted by Crippen LogP contribution is 2.12. The lowest BCUT2D eigenvalue weighted by Gasteiger charge is -2.05. The summed E-state index contributed by atoms with van der Waals surface area (Å²) in [6.45, 7) is 2.36. The Bertz CT molecular complexity index is 576. The number of amides is 2. The first-order valence-corrected chi connectivity index (χ1v) is 5.68. The average Bonchev–Trinajstić information content (AvgIpc) is 2.83. The normalized spacial score (nSPS) is 10.3. The zero-order valence-corrected chi connectivity index (χ0v) is 9.99. The van der Waals surface area contributed by atoms with Crippen molar-refractivity contribution >= 4 is 22.7 Å². The van der Waals surface area contributed by atoms with E-state index < -0.39 is 0 Å². The van der Waals surface area contributed by atoms with Crippen molar-refractivity contribution in [3.05, 3.63) is 30.0 Å². The summed E-state index contributed by atoms with van der Waals surface area (Å²) < 4.78 is 0. The van der Waals surface area contributed by atoms with Crippen LogP contribution in [0.2, 0.25) is 0 Å². The molecule has 0 saturated carbocycles. The van der Waals surface area contributed by atoms with Crippen molar-refractivity contribution in [2.24, 2.45) is 0 Å². The van der Waals surface area contributed by atoms with Crippen molar-refractivity contribution in [2.45, 2.75) is 6.92 Å². The van der Waals surface area contributed by atoms with E-state index in [1.807, 2.05) is 6.92 Å². The molecule has 0 aliphatic carbocycles. The summed E-state index contributed by atoms with van der Waals surface area (Å²) in [7, 11) is 0. The molecule has 0 atom stereocenters. The van der Waals surface area contributed by atoms with E-state index in [4.69, 9.17) is 0 Å². The molecule has 1 heterocycles. The predicted octanol–water partition coefficient (Wildman–Crippen LogP) is 0.429. The van der Waals surface area contributed by atoms with E-state index in [2.05, 4.69) is 20.8 Å². The maximum absolute atomic E-state index is 11.8. The van der Waals surface area contributed by atoms with Crippen LogP contribution in [0, 0.1) is 0 Å². The number of H-pyrrole nitrogens is 1. The van der Waals surface area contributed by atoms with Crippen LogP contribution in [-0.4, -0.2) is 35.1 Å². The lowest BCUT2D eigenvalue weighted by molar-refractivity contribution is -0.120. The van der Waals surface area contributed by atoms with E-state index in [9.17, 15) is 9.59 Å². The summed E-state index contributed by atoms with van der Waals surface area (Å²) in [6, 6.07) is 5.21. The highest BCUT2D eigenvalue weighted by molar-refractivity contribution is 5.99. The highest BCUT2D eigenvalue weighted by atomic mass is 16.2. The summed E-state index contributed by atoms with van der Waals surface area (Å²) in [5.41, 5.74) is 1.29. The highest BCUT2D eigenvalue weighted by Gasteiger charge is 2.08. The number of nitrogens with zero attached hydrogens (tertiary/aromatic N) is 1. The Balaban J connectivity index is 2.02. The lowest BCUT2D eigenvalue weighted by Crippen LogP contribution is -2.36. The first kappa shape index (κ1) is 12.1. The number of carbonyl (C=O) groups excluding carboxylic acids is 2. The van der Waals surface area contributed by atoms with Crippen LogP contribution in [-0.2, 0) is 4.79 Å². The molecule has 0 unspecified atom stereocenters. The molecular weight excluding hydrogens is 232 g/mol. The molecule has 0 aliphatic rings. The van der Waals surface area contributed by atoms with Gasteiger partial charge in [0, 0.05) is 17.5 Å². The number of hydrogen-bond acceptors (Lipinski definition) is 3. The molecule has 6 nitrogen and oxygen atoms in total.